The molecule has 0 radical (unpaired) electrons. The van der Waals surface area contributed by atoms with Crippen LogP contribution < -0.4 is 10.6 Å². The number of benzene rings is 1. The lowest BCUT2D eigenvalue weighted by Gasteiger charge is -2.35. The molecular formula is C46H73N5O10. The summed E-state index contributed by atoms with van der Waals surface area (Å²) in [6.07, 6.45) is 1.00. The Balaban J connectivity index is 2.67. The Morgan fingerprint density at radius 3 is 1.97 bits per heavy atom. The van der Waals surface area contributed by atoms with Gasteiger partial charge in [-0.15, -0.1) is 0 Å². The topological polar surface area (TPSA) is 192 Å². The number of nitrogens with one attached hydrogen (secondary N) is 2. The van der Waals surface area contributed by atoms with Gasteiger partial charge in [0.1, 0.15) is 30.3 Å². The minimum absolute atomic E-state index is 0.00927. The molecule has 15 heteroatoms. The molecule has 3 N–H and O–H groups in total. The Kier molecular flexibility index (Phi) is 21.1. The van der Waals surface area contributed by atoms with Crippen molar-refractivity contribution in [2.75, 3.05) is 27.7 Å². The lowest BCUT2D eigenvalue weighted by atomic mass is 9.85. The number of ether oxygens (including phenoxy) is 2. The van der Waals surface area contributed by atoms with E-state index in [0.29, 0.717) is 19.3 Å². The van der Waals surface area contributed by atoms with E-state index in [-0.39, 0.29) is 30.3 Å². The van der Waals surface area contributed by atoms with E-state index in [2.05, 4.69) is 10.6 Å². The van der Waals surface area contributed by atoms with Gasteiger partial charge >= 0.3 is 11.9 Å². The van der Waals surface area contributed by atoms with Crippen molar-refractivity contribution in [3.8, 4) is 0 Å². The van der Waals surface area contributed by atoms with Crippen LogP contribution in [0.5, 0.6) is 0 Å². The van der Waals surface area contributed by atoms with Crippen molar-refractivity contribution in [2.45, 2.75) is 150 Å². The van der Waals surface area contributed by atoms with E-state index < -0.39 is 102 Å². The smallest absolute Gasteiger partial charge is 0.334 e. The van der Waals surface area contributed by atoms with Crippen LogP contribution in [0.25, 0.3) is 0 Å². The van der Waals surface area contributed by atoms with Gasteiger partial charge in [0.25, 0.3) is 5.91 Å². The van der Waals surface area contributed by atoms with Crippen LogP contribution in [0.2, 0.25) is 0 Å². The molecule has 1 aliphatic heterocycles. The molecule has 1 aromatic rings. The summed E-state index contributed by atoms with van der Waals surface area (Å²) in [6.45, 7) is 17.0. The molecule has 0 unspecified atom stereocenters. The lowest BCUT2D eigenvalue weighted by Crippen LogP contribution is -2.58. The number of aliphatic hydroxyl groups excluding tert-OH is 1. The van der Waals surface area contributed by atoms with Crippen LogP contribution >= 0.6 is 0 Å². The standard InChI is InChI=1S/C46H73N5O10/c1-14-20-29(6)39-31(8)36(52)24-23-30(7)45(58)61-40(28(5)16-3)41(54)47-32(9)42(55)51(13)35(25-34-21-18-17-19-22-34)43(56)49(11)26-37(53)48-38(27(4)15-2)44(57)50(12)33(10)46(59)60-39/h17-19,21-23,27-29,31-33,35-36,38-40,52H,14-16,20,24-26H2,1-13H3,(H,47,54)(H,48,53)/b30-23+/t27-,28-,29-,31-,32-,33-,35-,36-,38-,39+,40+/m0/s1. The number of hydrogen-bond donors (Lipinski definition) is 3. The van der Waals surface area contributed by atoms with Crippen molar-refractivity contribution < 1.29 is 48.1 Å². The third-order valence-corrected chi connectivity index (χ3v) is 12.2. The first-order chi connectivity index (χ1) is 28.6. The van der Waals surface area contributed by atoms with E-state index in [4.69, 9.17) is 9.47 Å². The van der Waals surface area contributed by atoms with E-state index in [1.807, 2.05) is 45.9 Å². The first-order valence-corrected chi connectivity index (χ1v) is 21.8. The number of aliphatic hydroxyl groups is 1. The molecule has 0 saturated heterocycles. The van der Waals surface area contributed by atoms with Gasteiger partial charge < -0.3 is 39.9 Å². The summed E-state index contributed by atoms with van der Waals surface area (Å²) in [5.74, 6) is -6.03. The van der Waals surface area contributed by atoms with Crippen LogP contribution in [0.15, 0.2) is 42.0 Å². The number of hydrogen-bond acceptors (Lipinski definition) is 10. The highest BCUT2D eigenvalue weighted by atomic mass is 16.6. The van der Waals surface area contributed by atoms with E-state index in [9.17, 15) is 38.7 Å². The molecule has 61 heavy (non-hydrogen) atoms. The summed E-state index contributed by atoms with van der Waals surface area (Å²) in [5.41, 5.74) is 0.893. The molecule has 2 rings (SSSR count). The molecule has 5 amide bonds. The van der Waals surface area contributed by atoms with Gasteiger partial charge in [-0.2, -0.15) is 0 Å². The number of nitrogens with zero attached hydrogens (tertiary/aromatic N) is 3. The summed E-state index contributed by atoms with van der Waals surface area (Å²) >= 11 is 0. The zero-order valence-electron chi connectivity index (χ0n) is 38.7. The van der Waals surface area contributed by atoms with Crippen LogP contribution in [-0.4, -0.2) is 131 Å². The first-order valence-electron chi connectivity index (χ1n) is 21.8. The number of cyclic esters (lactones) is 2. The Morgan fingerprint density at radius 2 is 1.39 bits per heavy atom. The fraction of sp³-hybridized carbons (Fsp3) is 0.674. The third kappa shape index (κ3) is 14.7. The van der Waals surface area contributed by atoms with Crippen molar-refractivity contribution in [3.05, 3.63) is 47.5 Å². The van der Waals surface area contributed by atoms with E-state index in [0.717, 1.165) is 12.0 Å². The molecule has 0 saturated carbocycles. The van der Waals surface area contributed by atoms with Crippen LogP contribution in [-0.2, 0) is 49.5 Å². The summed E-state index contributed by atoms with van der Waals surface area (Å²) in [5, 5.41) is 16.9. The van der Waals surface area contributed by atoms with Gasteiger partial charge in [-0.25, -0.2) is 9.59 Å². The van der Waals surface area contributed by atoms with Gasteiger partial charge in [0.2, 0.25) is 23.6 Å². The molecule has 0 aliphatic carbocycles. The Bertz CT molecular complexity index is 1690. The molecule has 0 bridgehead atoms. The second kappa shape index (κ2) is 24.6. The SMILES string of the molecule is CCC[C@H](C)[C@H]1OC(=O)[C@H](C)N(C)C(=O)[C@H]([C@@H](C)CC)NC(=O)CN(C)C(=O)[C@H](Cc2ccccc2)N(C)C(=O)[C@H](C)NC(=O)[C@@H]([C@@H](C)CC)OC(=O)/C(C)=C/C[C@H](O)[C@@H]1C. The van der Waals surface area contributed by atoms with E-state index >= 15 is 0 Å². The van der Waals surface area contributed by atoms with E-state index in [1.54, 1.807) is 32.9 Å². The maximum absolute atomic E-state index is 14.2. The van der Waals surface area contributed by atoms with Crippen LogP contribution in [0.4, 0.5) is 0 Å². The predicted octanol–water partition coefficient (Wildman–Crippen LogP) is 4.05. The largest absolute Gasteiger partial charge is 0.460 e. The van der Waals surface area contributed by atoms with E-state index in [1.165, 1.54) is 62.7 Å². The molecule has 342 valence electrons. The zero-order valence-corrected chi connectivity index (χ0v) is 38.7. The van der Waals surface area contributed by atoms with Crippen LogP contribution in [0.1, 0.15) is 107 Å². The van der Waals surface area contributed by atoms with Gasteiger partial charge in [0, 0.05) is 45.0 Å². The van der Waals surface area contributed by atoms with Crippen molar-refractivity contribution in [1.82, 2.24) is 25.3 Å². The second-order valence-electron chi connectivity index (χ2n) is 17.1. The summed E-state index contributed by atoms with van der Waals surface area (Å²) < 4.78 is 11.8. The van der Waals surface area contributed by atoms with Gasteiger partial charge in [0.15, 0.2) is 6.10 Å². The summed E-state index contributed by atoms with van der Waals surface area (Å²) in [7, 11) is 4.34. The molecule has 0 aromatic heterocycles. The fourth-order valence-corrected chi connectivity index (χ4v) is 7.32. The van der Waals surface area contributed by atoms with Crippen LogP contribution in [0, 0.1) is 23.7 Å². The monoisotopic (exact) mass is 856 g/mol. The Morgan fingerprint density at radius 1 is 0.787 bits per heavy atom. The summed E-state index contributed by atoms with van der Waals surface area (Å²) in [6, 6.07) is 4.67. The minimum Gasteiger partial charge on any atom is -0.460 e. The number of carbonyl (C=O) groups is 7. The molecule has 0 fully saturated rings. The van der Waals surface area contributed by atoms with Gasteiger partial charge in [-0.1, -0.05) is 97.7 Å². The quantitative estimate of drug-likeness (QED) is 0.306. The average molecular weight is 856 g/mol. The zero-order chi connectivity index (χ0) is 46.3. The Labute approximate surface area is 363 Å². The van der Waals surface area contributed by atoms with Gasteiger partial charge in [-0.3, -0.25) is 24.0 Å². The third-order valence-electron chi connectivity index (χ3n) is 12.2. The fourth-order valence-electron chi connectivity index (χ4n) is 7.32. The van der Waals surface area contributed by atoms with Crippen molar-refractivity contribution in [3.63, 3.8) is 0 Å². The highest BCUT2D eigenvalue weighted by molar-refractivity contribution is 5.96. The van der Waals surface area contributed by atoms with Gasteiger partial charge in [0.05, 0.1) is 12.6 Å². The number of esters is 2. The minimum atomic E-state index is -1.26. The number of rotatable bonds is 9. The molecule has 1 aliphatic rings. The van der Waals surface area contributed by atoms with Crippen LogP contribution in [0.3, 0.4) is 0 Å². The molecule has 15 nitrogen and oxygen atoms in total. The second-order valence-corrected chi connectivity index (χ2v) is 17.1. The number of likely N-dealkylation sites (N-methyl/N-ethyl adjacent to an activating group) is 3. The van der Waals surface area contributed by atoms with Gasteiger partial charge in [-0.05, 0) is 57.4 Å². The first kappa shape index (κ1) is 52.3. The highest BCUT2D eigenvalue weighted by Crippen LogP contribution is 2.27. The Hall–Kier alpha value is -4.79. The molecule has 11 atom stereocenters. The average Bonchev–Trinajstić information content (AvgIpc) is 3.24. The van der Waals surface area contributed by atoms with Crippen molar-refractivity contribution >= 4 is 41.5 Å². The molecular weight excluding hydrogens is 783 g/mol. The maximum Gasteiger partial charge on any atom is 0.334 e. The van der Waals surface area contributed by atoms with Crippen molar-refractivity contribution in [1.29, 1.82) is 0 Å². The maximum atomic E-state index is 14.2. The molecule has 0 spiro atoms. The number of amides is 5. The highest BCUT2D eigenvalue weighted by Gasteiger charge is 2.39. The molecule has 1 aromatic carbocycles. The van der Waals surface area contributed by atoms with Crippen molar-refractivity contribution in [2.24, 2.45) is 23.7 Å². The summed E-state index contributed by atoms with van der Waals surface area (Å²) in [4.78, 5) is 101. The number of carbonyl (C=O) groups excluding carboxylic acids is 7. The predicted molar refractivity (Wildman–Crippen MR) is 232 cm³/mol. The normalized spacial score (nSPS) is 29.1. The lowest BCUT2D eigenvalue weighted by molar-refractivity contribution is -0.166. The molecule has 1 heterocycles.